The molecule has 1 amide bonds. The predicted octanol–water partition coefficient (Wildman–Crippen LogP) is 4.81. The average Bonchev–Trinajstić information content (AvgIpc) is 2.71. The smallest absolute Gasteiger partial charge is 0.434 e. The van der Waals surface area contributed by atoms with E-state index in [2.05, 4.69) is 10.3 Å². The van der Waals surface area contributed by atoms with E-state index in [1.54, 1.807) is 48.5 Å². The molecular formula is C23H22N2O5. The summed E-state index contributed by atoms with van der Waals surface area (Å²) in [5, 5.41) is 3.27. The van der Waals surface area contributed by atoms with Gasteiger partial charge in [0.25, 0.3) is 0 Å². The summed E-state index contributed by atoms with van der Waals surface area (Å²) in [4.78, 5) is 40.3. The molecular weight excluding hydrogens is 384 g/mol. The van der Waals surface area contributed by atoms with Crippen LogP contribution in [0.25, 0.3) is 22.2 Å². The second-order valence-corrected chi connectivity index (χ2v) is 7.18. The van der Waals surface area contributed by atoms with E-state index >= 15 is 0 Å². The number of nitrogens with one attached hydrogen (secondary N) is 1. The monoisotopic (exact) mass is 406 g/mol. The maximum Gasteiger partial charge on any atom is 0.516 e. The van der Waals surface area contributed by atoms with Crippen molar-refractivity contribution in [2.75, 3.05) is 11.9 Å². The Bertz CT molecular complexity index is 1090. The van der Waals surface area contributed by atoms with E-state index in [4.69, 9.17) is 9.47 Å². The normalized spacial score (nSPS) is 10.7. The van der Waals surface area contributed by atoms with Gasteiger partial charge in [0.05, 0.1) is 23.4 Å². The minimum absolute atomic E-state index is 0.126. The fraction of sp³-hybridized carbons (Fsp3) is 0.217. The molecule has 1 N–H and O–H groups in total. The molecule has 0 bridgehead atoms. The van der Waals surface area contributed by atoms with Crippen LogP contribution >= 0.6 is 0 Å². The van der Waals surface area contributed by atoms with Crippen molar-refractivity contribution in [2.45, 2.75) is 20.8 Å². The SMILES string of the molecule is CC(=O)Nc1ccc(-c2cc(C(=O)OC(=O)OCC(C)C)c3ccccc3n2)cc1. The summed E-state index contributed by atoms with van der Waals surface area (Å²) < 4.78 is 9.81. The van der Waals surface area contributed by atoms with Crippen molar-refractivity contribution in [1.82, 2.24) is 4.98 Å². The number of fused-ring (bicyclic) bond motifs is 1. The number of carbonyl (C=O) groups is 3. The summed E-state index contributed by atoms with van der Waals surface area (Å²) in [7, 11) is 0. The lowest BCUT2D eigenvalue weighted by molar-refractivity contribution is -0.114. The van der Waals surface area contributed by atoms with Gasteiger partial charge in [0.15, 0.2) is 0 Å². The van der Waals surface area contributed by atoms with Crippen LogP contribution < -0.4 is 5.32 Å². The second-order valence-electron chi connectivity index (χ2n) is 7.18. The molecule has 1 heterocycles. The number of pyridine rings is 1. The highest BCUT2D eigenvalue weighted by atomic mass is 16.7. The summed E-state index contributed by atoms with van der Waals surface area (Å²) in [6, 6.07) is 15.7. The maximum absolute atomic E-state index is 12.7. The lowest BCUT2D eigenvalue weighted by Gasteiger charge is -2.11. The van der Waals surface area contributed by atoms with Gasteiger partial charge in [-0.05, 0) is 30.2 Å². The summed E-state index contributed by atoms with van der Waals surface area (Å²) in [5.41, 5.74) is 2.72. The van der Waals surface area contributed by atoms with Crippen LogP contribution in [0.2, 0.25) is 0 Å². The van der Waals surface area contributed by atoms with Gasteiger partial charge in [-0.15, -0.1) is 0 Å². The van der Waals surface area contributed by atoms with E-state index in [1.807, 2.05) is 19.9 Å². The number of aromatic nitrogens is 1. The standard InChI is InChI=1S/C23H22N2O5/c1-14(2)13-29-23(28)30-22(27)19-12-21(25-20-7-5-4-6-18(19)20)16-8-10-17(11-9-16)24-15(3)26/h4-12,14H,13H2,1-3H3,(H,24,26). The van der Waals surface area contributed by atoms with Gasteiger partial charge in [-0.1, -0.05) is 44.2 Å². The number of para-hydroxylation sites is 1. The molecule has 0 aliphatic rings. The highest BCUT2D eigenvalue weighted by molar-refractivity contribution is 6.07. The van der Waals surface area contributed by atoms with Crippen LogP contribution in [0, 0.1) is 5.92 Å². The van der Waals surface area contributed by atoms with Crippen LogP contribution in [0.3, 0.4) is 0 Å². The molecule has 7 heteroatoms. The van der Waals surface area contributed by atoms with Crippen molar-refractivity contribution in [1.29, 1.82) is 0 Å². The van der Waals surface area contributed by atoms with Crippen LogP contribution in [0.1, 0.15) is 31.1 Å². The predicted molar refractivity (Wildman–Crippen MR) is 113 cm³/mol. The molecule has 154 valence electrons. The molecule has 7 nitrogen and oxygen atoms in total. The average molecular weight is 406 g/mol. The zero-order chi connectivity index (χ0) is 21.7. The van der Waals surface area contributed by atoms with E-state index < -0.39 is 12.1 Å². The number of amides is 1. The third-order valence-electron chi connectivity index (χ3n) is 4.15. The first-order valence-electron chi connectivity index (χ1n) is 9.50. The molecule has 0 atom stereocenters. The number of benzene rings is 2. The number of hydrogen-bond acceptors (Lipinski definition) is 6. The van der Waals surface area contributed by atoms with Crippen LogP contribution in [-0.2, 0) is 14.3 Å². The minimum Gasteiger partial charge on any atom is -0.434 e. The second kappa shape index (κ2) is 9.17. The molecule has 0 unspecified atom stereocenters. The lowest BCUT2D eigenvalue weighted by Crippen LogP contribution is -2.17. The molecule has 30 heavy (non-hydrogen) atoms. The van der Waals surface area contributed by atoms with Gasteiger partial charge < -0.3 is 14.8 Å². The Labute approximate surface area is 174 Å². The van der Waals surface area contributed by atoms with E-state index in [9.17, 15) is 14.4 Å². The van der Waals surface area contributed by atoms with Crippen molar-refractivity contribution < 1.29 is 23.9 Å². The molecule has 3 rings (SSSR count). The van der Waals surface area contributed by atoms with Gasteiger partial charge in [-0.25, -0.2) is 14.6 Å². The minimum atomic E-state index is -1.03. The number of esters is 1. The quantitative estimate of drug-likeness (QED) is 0.483. The third kappa shape index (κ3) is 5.20. The molecule has 3 aromatic rings. The zero-order valence-corrected chi connectivity index (χ0v) is 17.0. The number of hydrogen-bond donors (Lipinski definition) is 1. The Hall–Kier alpha value is -3.74. The molecule has 2 aromatic carbocycles. The van der Waals surface area contributed by atoms with Crippen molar-refractivity contribution in [3.05, 3.63) is 60.2 Å². The maximum atomic E-state index is 12.7. The first-order chi connectivity index (χ1) is 14.3. The summed E-state index contributed by atoms with van der Waals surface area (Å²) in [6.07, 6.45) is -1.03. The van der Waals surface area contributed by atoms with Crippen LogP contribution in [-0.4, -0.2) is 29.6 Å². The summed E-state index contributed by atoms with van der Waals surface area (Å²) in [6.45, 7) is 5.36. The van der Waals surface area contributed by atoms with Crippen LogP contribution in [0.4, 0.5) is 10.5 Å². The van der Waals surface area contributed by atoms with E-state index in [0.29, 0.717) is 22.3 Å². The number of nitrogens with zero attached hydrogens (tertiary/aromatic N) is 1. The highest BCUT2D eigenvalue weighted by Crippen LogP contribution is 2.26. The van der Waals surface area contributed by atoms with Crippen molar-refractivity contribution in [3.63, 3.8) is 0 Å². The Morgan fingerprint density at radius 1 is 1.03 bits per heavy atom. The molecule has 0 aliphatic heterocycles. The Balaban J connectivity index is 1.93. The molecule has 0 saturated carbocycles. The van der Waals surface area contributed by atoms with Gasteiger partial charge in [-0.2, -0.15) is 0 Å². The molecule has 0 aliphatic carbocycles. The Morgan fingerprint density at radius 2 is 1.73 bits per heavy atom. The van der Waals surface area contributed by atoms with Gasteiger partial charge >= 0.3 is 12.1 Å². The largest absolute Gasteiger partial charge is 0.516 e. The van der Waals surface area contributed by atoms with Gasteiger partial charge in [-0.3, -0.25) is 4.79 Å². The fourth-order valence-electron chi connectivity index (χ4n) is 2.81. The summed E-state index contributed by atoms with van der Waals surface area (Å²) in [5.74, 6) is -0.846. The van der Waals surface area contributed by atoms with E-state index in [1.165, 1.54) is 6.92 Å². The van der Waals surface area contributed by atoms with E-state index in [-0.39, 0.29) is 24.0 Å². The van der Waals surface area contributed by atoms with Crippen molar-refractivity contribution >= 4 is 34.6 Å². The van der Waals surface area contributed by atoms with E-state index in [0.717, 1.165) is 5.56 Å². The number of carbonyl (C=O) groups excluding carboxylic acids is 3. The molecule has 0 fully saturated rings. The van der Waals surface area contributed by atoms with Crippen molar-refractivity contribution in [3.8, 4) is 11.3 Å². The Kier molecular flexibility index (Phi) is 6.41. The molecule has 0 radical (unpaired) electrons. The summed E-state index contributed by atoms with van der Waals surface area (Å²) >= 11 is 0. The van der Waals surface area contributed by atoms with Gasteiger partial charge in [0.2, 0.25) is 5.91 Å². The Morgan fingerprint density at radius 3 is 2.40 bits per heavy atom. The van der Waals surface area contributed by atoms with Gasteiger partial charge in [0, 0.05) is 23.6 Å². The molecule has 1 aromatic heterocycles. The third-order valence-corrected chi connectivity index (χ3v) is 4.15. The fourth-order valence-corrected chi connectivity index (χ4v) is 2.81. The molecule has 0 spiro atoms. The topological polar surface area (TPSA) is 94.6 Å². The van der Waals surface area contributed by atoms with Crippen molar-refractivity contribution in [2.24, 2.45) is 5.92 Å². The lowest BCUT2D eigenvalue weighted by atomic mass is 10.0. The van der Waals surface area contributed by atoms with Gasteiger partial charge in [0.1, 0.15) is 0 Å². The zero-order valence-electron chi connectivity index (χ0n) is 17.0. The number of rotatable bonds is 5. The first kappa shape index (κ1) is 21.0. The number of anilines is 1. The highest BCUT2D eigenvalue weighted by Gasteiger charge is 2.19. The van der Waals surface area contributed by atoms with Crippen LogP contribution in [0.5, 0.6) is 0 Å². The number of ether oxygens (including phenoxy) is 2. The first-order valence-corrected chi connectivity index (χ1v) is 9.50. The molecule has 0 saturated heterocycles. The van der Waals surface area contributed by atoms with Crippen LogP contribution in [0.15, 0.2) is 54.6 Å².